The standard InChI is InChI=1S/C12H24N2O2/c1-3-10(2)13-9-12(15)14-8-11-6-4-5-7-16-11/h10-11,13H,3-9H2,1-2H3,(H,14,15). The lowest BCUT2D eigenvalue weighted by molar-refractivity contribution is -0.121. The first-order valence-corrected chi connectivity index (χ1v) is 6.34. The van der Waals surface area contributed by atoms with Gasteiger partial charge >= 0.3 is 0 Å². The molecule has 2 unspecified atom stereocenters. The van der Waals surface area contributed by atoms with Crippen LogP contribution in [0.1, 0.15) is 39.5 Å². The third-order valence-electron chi connectivity index (χ3n) is 3.02. The number of rotatable bonds is 6. The molecule has 0 bridgehead atoms. The normalized spacial score (nSPS) is 22.8. The number of carbonyl (C=O) groups is 1. The van der Waals surface area contributed by atoms with Crippen LogP contribution < -0.4 is 10.6 Å². The van der Waals surface area contributed by atoms with E-state index in [9.17, 15) is 4.79 Å². The van der Waals surface area contributed by atoms with Gasteiger partial charge in [0.2, 0.25) is 5.91 Å². The highest BCUT2D eigenvalue weighted by atomic mass is 16.5. The minimum Gasteiger partial charge on any atom is -0.376 e. The van der Waals surface area contributed by atoms with Gasteiger partial charge in [-0.25, -0.2) is 0 Å². The van der Waals surface area contributed by atoms with Crippen LogP contribution in [0.25, 0.3) is 0 Å². The molecule has 4 nitrogen and oxygen atoms in total. The summed E-state index contributed by atoms with van der Waals surface area (Å²) in [6, 6.07) is 0.400. The maximum atomic E-state index is 11.5. The fraction of sp³-hybridized carbons (Fsp3) is 0.917. The van der Waals surface area contributed by atoms with Gasteiger partial charge in [-0.2, -0.15) is 0 Å². The second kappa shape index (κ2) is 7.63. The van der Waals surface area contributed by atoms with Crippen molar-refractivity contribution in [3.8, 4) is 0 Å². The molecular weight excluding hydrogens is 204 g/mol. The molecule has 1 aliphatic rings. The van der Waals surface area contributed by atoms with Crippen LogP contribution in [-0.4, -0.2) is 37.7 Å². The van der Waals surface area contributed by atoms with Crippen molar-refractivity contribution in [1.82, 2.24) is 10.6 Å². The van der Waals surface area contributed by atoms with Crippen LogP contribution in [0.15, 0.2) is 0 Å². The Morgan fingerprint density at radius 1 is 1.50 bits per heavy atom. The highest BCUT2D eigenvalue weighted by molar-refractivity contribution is 5.78. The Balaban J connectivity index is 2.05. The van der Waals surface area contributed by atoms with Crippen molar-refractivity contribution < 1.29 is 9.53 Å². The van der Waals surface area contributed by atoms with Crippen molar-refractivity contribution in [3.63, 3.8) is 0 Å². The Morgan fingerprint density at radius 3 is 2.94 bits per heavy atom. The van der Waals surface area contributed by atoms with Crippen molar-refractivity contribution >= 4 is 5.91 Å². The number of hydrogen-bond acceptors (Lipinski definition) is 3. The summed E-state index contributed by atoms with van der Waals surface area (Å²) in [5.41, 5.74) is 0. The smallest absolute Gasteiger partial charge is 0.234 e. The first-order chi connectivity index (χ1) is 7.72. The Hall–Kier alpha value is -0.610. The largest absolute Gasteiger partial charge is 0.376 e. The van der Waals surface area contributed by atoms with Crippen molar-refractivity contribution in [1.29, 1.82) is 0 Å². The fourth-order valence-electron chi connectivity index (χ4n) is 1.67. The molecule has 0 aliphatic carbocycles. The number of carbonyl (C=O) groups excluding carboxylic acids is 1. The molecule has 1 rings (SSSR count). The summed E-state index contributed by atoms with van der Waals surface area (Å²) in [5, 5.41) is 6.07. The molecule has 1 aliphatic heterocycles. The third kappa shape index (κ3) is 5.47. The van der Waals surface area contributed by atoms with Gasteiger partial charge in [0, 0.05) is 19.2 Å². The van der Waals surface area contributed by atoms with E-state index < -0.39 is 0 Å². The molecule has 0 aromatic heterocycles. The molecule has 1 saturated heterocycles. The zero-order valence-corrected chi connectivity index (χ0v) is 10.4. The van der Waals surface area contributed by atoms with Crippen molar-refractivity contribution in [2.75, 3.05) is 19.7 Å². The van der Waals surface area contributed by atoms with Crippen LogP contribution in [0, 0.1) is 0 Å². The van der Waals surface area contributed by atoms with Gasteiger partial charge in [-0.1, -0.05) is 6.92 Å². The van der Waals surface area contributed by atoms with Gasteiger partial charge in [-0.3, -0.25) is 4.79 Å². The summed E-state index contributed by atoms with van der Waals surface area (Å²) in [5.74, 6) is 0.0643. The molecule has 1 heterocycles. The molecule has 94 valence electrons. The predicted octanol–water partition coefficient (Wildman–Crippen LogP) is 1.06. The lowest BCUT2D eigenvalue weighted by atomic mass is 10.1. The monoisotopic (exact) mass is 228 g/mol. The summed E-state index contributed by atoms with van der Waals surface area (Å²) >= 11 is 0. The number of amides is 1. The van der Waals surface area contributed by atoms with Crippen molar-refractivity contribution in [2.45, 2.75) is 51.7 Å². The summed E-state index contributed by atoms with van der Waals surface area (Å²) in [4.78, 5) is 11.5. The Bertz CT molecular complexity index is 203. The van der Waals surface area contributed by atoms with E-state index in [1.54, 1.807) is 0 Å². The summed E-state index contributed by atoms with van der Waals surface area (Å²) in [6.45, 7) is 6.08. The molecule has 0 aromatic rings. The van der Waals surface area contributed by atoms with E-state index in [1.165, 1.54) is 6.42 Å². The molecule has 0 aromatic carbocycles. The van der Waals surface area contributed by atoms with Gasteiger partial charge in [0.15, 0.2) is 0 Å². The molecule has 1 fully saturated rings. The van der Waals surface area contributed by atoms with Gasteiger partial charge in [0.05, 0.1) is 12.6 Å². The predicted molar refractivity (Wildman–Crippen MR) is 64.4 cm³/mol. The van der Waals surface area contributed by atoms with Crippen LogP contribution in [0.2, 0.25) is 0 Å². The van der Waals surface area contributed by atoms with Gasteiger partial charge in [0.25, 0.3) is 0 Å². The maximum Gasteiger partial charge on any atom is 0.234 e. The summed E-state index contributed by atoms with van der Waals surface area (Å²) < 4.78 is 5.54. The van der Waals surface area contributed by atoms with Crippen LogP contribution >= 0.6 is 0 Å². The quantitative estimate of drug-likeness (QED) is 0.714. The number of ether oxygens (including phenoxy) is 1. The van der Waals surface area contributed by atoms with Gasteiger partial charge in [-0.15, -0.1) is 0 Å². The molecule has 0 radical (unpaired) electrons. The van der Waals surface area contributed by atoms with Gasteiger partial charge in [0.1, 0.15) is 0 Å². The molecular formula is C12H24N2O2. The lowest BCUT2D eigenvalue weighted by Gasteiger charge is -2.22. The summed E-state index contributed by atoms with van der Waals surface area (Å²) in [6.07, 6.45) is 4.70. The van der Waals surface area contributed by atoms with E-state index in [0.717, 1.165) is 25.9 Å². The Labute approximate surface area is 98.1 Å². The molecule has 1 amide bonds. The Morgan fingerprint density at radius 2 is 2.31 bits per heavy atom. The van der Waals surface area contributed by atoms with Crippen molar-refractivity contribution in [3.05, 3.63) is 0 Å². The summed E-state index contributed by atoms with van der Waals surface area (Å²) in [7, 11) is 0. The van der Waals surface area contributed by atoms with E-state index in [0.29, 0.717) is 19.1 Å². The van der Waals surface area contributed by atoms with Crippen molar-refractivity contribution in [2.24, 2.45) is 0 Å². The van der Waals surface area contributed by atoms with Crippen LogP contribution in [-0.2, 0) is 9.53 Å². The minimum atomic E-state index is 0.0643. The van der Waals surface area contributed by atoms with E-state index in [1.807, 2.05) is 0 Å². The molecule has 16 heavy (non-hydrogen) atoms. The molecule has 4 heteroatoms. The van der Waals surface area contributed by atoms with Gasteiger partial charge in [-0.05, 0) is 32.6 Å². The highest BCUT2D eigenvalue weighted by Gasteiger charge is 2.14. The van der Waals surface area contributed by atoms with E-state index >= 15 is 0 Å². The third-order valence-corrected chi connectivity index (χ3v) is 3.02. The molecule has 2 N–H and O–H groups in total. The zero-order chi connectivity index (χ0) is 11.8. The van der Waals surface area contributed by atoms with E-state index in [4.69, 9.17) is 4.74 Å². The number of hydrogen-bond donors (Lipinski definition) is 2. The second-order valence-electron chi connectivity index (χ2n) is 4.48. The van der Waals surface area contributed by atoms with Crippen LogP contribution in [0.3, 0.4) is 0 Å². The first kappa shape index (κ1) is 13.5. The highest BCUT2D eigenvalue weighted by Crippen LogP contribution is 2.11. The second-order valence-corrected chi connectivity index (χ2v) is 4.48. The maximum absolute atomic E-state index is 11.5. The van der Waals surface area contributed by atoms with E-state index in [2.05, 4.69) is 24.5 Å². The van der Waals surface area contributed by atoms with Gasteiger partial charge < -0.3 is 15.4 Å². The van der Waals surface area contributed by atoms with E-state index in [-0.39, 0.29) is 12.0 Å². The van der Waals surface area contributed by atoms with Crippen LogP contribution in [0.5, 0.6) is 0 Å². The fourth-order valence-corrected chi connectivity index (χ4v) is 1.67. The Kier molecular flexibility index (Phi) is 6.42. The molecule has 0 saturated carbocycles. The SMILES string of the molecule is CCC(C)NCC(=O)NCC1CCCCO1. The topological polar surface area (TPSA) is 50.4 Å². The molecule has 2 atom stereocenters. The minimum absolute atomic E-state index is 0.0643. The zero-order valence-electron chi connectivity index (χ0n) is 10.4. The average Bonchev–Trinajstić information content (AvgIpc) is 2.34. The average molecular weight is 228 g/mol. The van der Waals surface area contributed by atoms with Crippen LogP contribution in [0.4, 0.5) is 0 Å². The number of nitrogens with one attached hydrogen (secondary N) is 2. The first-order valence-electron chi connectivity index (χ1n) is 6.34. The lowest BCUT2D eigenvalue weighted by Crippen LogP contribution is -2.41. The molecule has 0 spiro atoms.